The van der Waals surface area contributed by atoms with Gasteiger partial charge < -0.3 is 9.84 Å². The molecule has 0 aliphatic rings. The van der Waals surface area contributed by atoms with Crippen LogP contribution in [0, 0.1) is 0 Å². The summed E-state index contributed by atoms with van der Waals surface area (Å²) in [6.07, 6.45) is -6.78. The summed E-state index contributed by atoms with van der Waals surface area (Å²) < 4.78 is 55.5. The largest absolute Gasteiger partial charge is 0.492 e. The van der Waals surface area contributed by atoms with Gasteiger partial charge in [-0.3, -0.25) is 0 Å². The molecule has 0 saturated carbocycles. The lowest BCUT2D eigenvalue weighted by atomic mass is 10.0. The molecule has 108 valence electrons. The first kappa shape index (κ1) is 16.3. The Balaban J connectivity index is 3.18. The average Bonchev–Trinajstić information content (AvgIpc) is 2.32. The second kappa shape index (κ2) is 6.15. The zero-order valence-corrected chi connectivity index (χ0v) is 11.2. The summed E-state index contributed by atoms with van der Waals surface area (Å²) in [6, 6.07) is 1.98. The number of aliphatic hydroxyl groups excluding tert-OH is 1. The lowest BCUT2D eigenvalue weighted by Crippen LogP contribution is -2.34. The van der Waals surface area contributed by atoms with Crippen molar-refractivity contribution >= 4 is 23.2 Å². The Morgan fingerprint density at radius 3 is 2.32 bits per heavy atom. The first-order valence-electron chi connectivity index (χ1n) is 5.17. The fourth-order valence-corrected chi connectivity index (χ4v) is 1.83. The molecule has 0 aliphatic carbocycles. The Bertz CT molecular complexity index is 455. The Morgan fingerprint density at radius 1 is 1.26 bits per heavy atom. The van der Waals surface area contributed by atoms with Gasteiger partial charge in [-0.05, 0) is 13.0 Å². The summed E-state index contributed by atoms with van der Waals surface area (Å²) in [5, 5.41) is 8.89. The Labute approximate surface area is 116 Å². The Kier molecular flexibility index (Phi) is 5.29. The lowest BCUT2D eigenvalue weighted by molar-refractivity contribution is -0.193. The highest BCUT2D eigenvalue weighted by molar-refractivity contribution is 6.34. The molecular weight excluding hydrogens is 311 g/mol. The smallest absolute Gasteiger partial charge is 0.336 e. The van der Waals surface area contributed by atoms with E-state index in [9.17, 15) is 22.7 Å². The molecule has 1 atom stereocenters. The van der Waals surface area contributed by atoms with E-state index in [0.717, 1.165) is 12.1 Å². The van der Waals surface area contributed by atoms with Crippen LogP contribution in [0.2, 0.25) is 10.0 Å². The van der Waals surface area contributed by atoms with E-state index in [1.807, 2.05) is 0 Å². The van der Waals surface area contributed by atoms with Gasteiger partial charge in [0, 0.05) is 11.6 Å². The molecule has 0 heterocycles. The van der Waals surface area contributed by atoms with Crippen molar-refractivity contribution in [2.75, 3.05) is 6.61 Å². The molecule has 0 saturated heterocycles. The van der Waals surface area contributed by atoms with Crippen LogP contribution in [0.3, 0.4) is 0 Å². The number of alkyl halides is 4. The maximum atomic E-state index is 13.1. The number of ether oxygens (including phenoxy) is 1. The van der Waals surface area contributed by atoms with Crippen molar-refractivity contribution in [3.63, 3.8) is 0 Å². The van der Waals surface area contributed by atoms with Gasteiger partial charge in [-0.15, -0.1) is 0 Å². The van der Waals surface area contributed by atoms with Crippen molar-refractivity contribution in [1.29, 1.82) is 0 Å². The van der Waals surface area contributed by atoms with E-state index in [2.05, 4.69) is 0 Å². The quantitative estimate of drug-likeness (QED) is 0.818. The second-order valence-corrected chi connectivity index (χ2v) is 4.43. The highest BCUT2D eigenvalue weighted by atomic mass is 35.5. The molecule has 8 heteroatoms. The third-order valence-electron chi connectivity index (χ3n) is 2.30. The van der Waals surface area contributed by atoms with Gasteiger partial charge in [0.15, 0.2) is 0 Å². The zero-order chi connectivity index (χ0) is 14.8. The van der Waals surface area contributed by atoms with E-state index >= 15 is 0 Å². The third-order valence-corrected chi connectivity index (χ3v) is 2.92. The molecular formula is C11H10Cl2F4O2. The minimum atomic E-state index is -4.62. The highest BCUT2D eigenvalue weighted by Crippen LogP contribution is 2.42. The molecule has 1 aromatic carbocycles. The van der Waals surface area contributed by atoms with Gasteiger partial charge in [0.2, 0.25) is 0 Å². The van der Waals surface area contributed by atoms with E-state index in [1.165, 1.54) is 0 Å². The standard InChI is InChI=1S/C11H10Cl2F4O2/c1-2-19-8-4-6(12)5(3-7(8)13)9(18)11(16,17)10(14)15/h3-4,9-10,18H,2H2,1H3. The normalized spacial score (nSPS) is 13.7. The molecule has 0 fully saturated rings. The predicted octanol–water partition coefficient (Wildman–Crippen LogP) is 4.33. The topological polar surface area (TPSA) is 29.5 Å². The van der Waals surface area contributed by atoms with Crippen molar-refractivity contribution in [1.82, 2.24) is 0 Å². The van der Waals surface area contributed by atoms with Crippen LogP contribution in [-0.2, 0) is 0 Å². The number of halogens is 6. The van der Waals surface area contributed by atoms with Crippen molar-refractivity contribution in [3.8, 4) is 5.75 Å². The maximum absolute atomic E-state index is 13.1. The minimum absolute atomic E-state index is 0.106. The number of rotatable bonds is 5. The van der Waals surface area contributed by atoms with Crippen LogP contribution in [0.5, 0.6) is 5.75 Å². The predicted molar refractivity (Wildman–Crippen MR) is 63.5 cm³/mol. The number of aliphatic hydroxyl groups is 1. The van der Waals surface area contributed by atoms with Crippen LogP contribution in [0.4, 0.5) is 17.6 Å². The van der Waals surface area contributed by atoms with Crippen LogP contribution < -0.4 is 4.74 Å². The first-order chi connectivity index (χ1) is 8.71. The summed E-state index contributed by atoms with van der Waals surface area (Å²) in [4.78, 5) is 0. The van der Waals surface area contributed by atoms with Gasteiger partial charge in [-0.2, -0.15) is 8.78 Å². The first-order valence-corrected chi connectivity index (χ1v) is 5.93. The number of hydrogen-bond acceptors (Lipinski definition) is 2. The van der Waals surface area contributed by atoms with Gasteiger partial charge in [0.05, 0.1) is 16.7 Å². The van der Waals surface area contributed by atoms with Gasteiger partial charge in [0.1, 0.15) is 11.9 Å². The van der Waals surface area contributed by atoms with Crippen LogP contribution >= 0.6 is 23.2 Å². The van der Waals surface area contributed by atoms with Gasteiger partial charge in [-0.1, -0.05) is 23.2 Å². The minimum Gasteiger partial charge on any atom is -0.492 e. The van der Waals surface area contributed by atoms with Crippen LogP contribution in [0.25, 0.3) is 0 Å². The molecule has 0 aliphatic heterocycles. The maximum Gasteiger partial charge on any atom is 0.336 e. The number of benzene rings is 1. The van der Waals surface area contributed by atoms with E-state index < -0.39 is 24.0 Å². The molecule has 1 rings (SSSR count). The average molecular weight is 321 g/mol. The summed E-state index contributed by atoms with van der Waals surface area (Å²) in [7, 11) is 0. The van der Waals surface area contributed by atoms with Gasteiger partial charge in [-0.25, -0.2) is 8.78 Å². The van der Waals surface area contributed by atoms with E-state index in [1.54, 1.807) is 6.92 Å². The monoisotopic (exact) mass is 320 g/mol. The van der Waals surface area contributed by atoms with Crippen molar-refractivity contribution in [2.45, 2.75) is 25.4 Å². The summed E-state index contributed by atoms with van der Waals surface area (Å²) >= 11 is 11.4. The fourth-order valence-electron chi connectivity index (χ4n) is 1.35. The zero-order valence-electron chi connectivity index (χ0n) is 9.64. The highest BCUT2D eigenvalue weighted by Gasteiger charge is 2.49. The number of hydrogen-bond donors (Lipinski definition) is 1. The Morgan fingerprint density at radius 2 is 1.84 bits per heavy atom. The molecule has 1 unspecified atom stereocenters. The molecule has 19 heavy (non-hydrogen) atoms. The van der Waals surface area contributed by atoms with Gasteiger partial charge >= 0.3 is 12.3 Å². The third kappa shape index (κ3) is 3.43. The van der Waals surface area contributed by atoms with Gasteiger partial charge in [0.25, 0.3) is 0 Å². The lowest BCUT2D eigenvalue weighted by Gasteiger charge is -2.23. The van der Waals surface area contributed by atoms with Crippen LogP contribution in [-0.4, -0.2) is 24.1 Å². The van der Waals surface area contributed by atoms with Crippen LogP contribution in [0.1, 0.15) is 18.6 Å². The van der Waals surface area contributed by atoms with E-state index in [4.69, 9.17) is 27.9 Å². The molecule has 0 radical (unpaired) electrons. The van der Waals surface area contributed by atoms with Crippen molar-refractivity contribution < 1.29 is 27.4 Å². The van der Waals surface area contributed by atoms with Crippen LogP contribution in [0.15, 0.2) is 12.1 Å². The summed E-state index contributed by atoms with van der Waals surface area (Å²) in [5.41, 5.74) is -0.583. The summed E-state index contributed by atoms with van der Waals surface area (Å²) in [5.74, 6) is -4.51. The Hall–Kier alpha value is -0.720. The van der Waals surface area contributed by atoms with E-state index in [0.29, 0.717) is 0 Å². The van der Waals surface area contributed by atoms with E-state index in [-0.39, 0.29) is 22.4 Å². The molecule has 1 N–H and O–H groups in total. The van der Waals surface area contributed by atoms with Crippen molar-refractivity contribution in [2.24, 2.45) is 0 Å². The molecule has 0 spiro atoms. The molecule has 2 nitrogen and oxygen atoms in total. The molecule has 1 aromatic rings. The fraction of sp³-hybridized carbons (Fsp3) is 0.455. The second-order valence-electron chi connectivity index (χ2n) is 3.61. The molecule has 0 amide bonds. The molecule has 0 bridgehead atoms. The van der Waals surface area contributed by atoms with Crippen molar-refractivity contribution in [3.05, 3.63) is 27.7 Å². The SMILES string of the molecule is CCOc1cc(Cl)c(C(O)C(F)(F)C(F)F)cc1Cl. The summed E-state index contributed by atoms with van der Waals surface area (Å²) in [6.45, 7) is 1.92. The molecule has 0 aromatic heterocycles.